The molecule has 0 spiro atoms. The first-order valence-electron chi connectivity index (χ1n) is 8.21. The lowest BCUT2D eigenvalue weighted by molar-refractivity contribution is -0.133. The van der Waals surface area contributed by atoms with E-state index in [0.29, 0.717) is 11.3 Å². The molecule has 1 fully saturated rings. The van der Waals surface area contributed by atoms with E-state index in [1.807, 2.05) is 0 Å². The van der Waals surface area contributed by atoms with Gasteiger partial charge in [0, 0.05) is 24.2 Å². The first-order valence-corrected chi connectivity index (χ1v) is 8.21. The van der Waals surface area contributed by atoms with E-state index < -0.39 is 5.97 Å². The van der Waals surface area contributed by atoms with Gasteiger partial charge in [-0.2, -0.15) is 0 Å². The second-order valence-electron chi connectivity index (χ2n) is 5.96. The Labute approximate surface area is 145 Å². The maximum atomic E-state index is 12.0. The molecule has 0 bridgehead atoms. The maximum Gasteiger partial charge on any atom is 0.374 e. The van der Waals surface area contributed by atoms with E-state index in [-0.39, 0.29) is 24.1 Å². The molecule has 1 aromatic heterocycles. The summed E-state index contributed by atoms with van der Waals surface area (Å²) < 4.78 is 10.5. The van der Waals surface area contributed by atoms with E-state index >= 15 is 0 Å². The average molecular weight is 341 g/mol. The highest BCUT2D eigenvalue weighted by atomic mass is 16.5. The van der Waals surface area contributed by atoms with Gasteiger partial charge in [0.05, 0.1) is 0 Å². The van der Waals surface area contributed by atoms with Crippen LogP contribution in [0.25, 0.3) is 11.3 Å². The minimum Gasteiger partial charge on any atom is -0.450 e. The quantitative estimate of drug-likeness (QED) is 0.617. The van der Waals surface area contributed by atoms with Crippen LogP contribution in [-0.2, 0) is 9.53 Å². The van der Waals surface area contributed by atoms with Crippen molar-refractivity contribution < 1.29 is 23.5 Å². The number of carbonyl (C=O) groups is 3. The molecule has 6 heteroatoms. The minimum atomic E-state index is -0.667. The van der Waals surface area contributed by atoms with E-state index in [0.717, 1.165) is 31.5 Å². The van der Waals surface area contributed by atoms with Gasteiger partial charge in [0.15, 0.2) is 12.4 Å². The van der Waals surface area contributed by atoms with Crippen molar-refractivity contribution in [1.29, 1.82) is 0 Å². The molecule has 0 N–H and O–H groups in total. The minimum absolute atomic E-state index is 0.0158. The summed E-state index contributed by atoms with van der Waals surface area (Å²) in [5, 5.41) is 0. The van der Waals surface area contributed by atoms with Gasteiger partial charge in [-0.15, -0.1) is 0 Å². The third-order valence-electron chi connectivity index (χ3n) is 4.17. The molecule has 0 radical (unpaired) electrons. The number of amides is 1. The lowest BCUT2D eigenvalue weighted by Crippen LogP contribution is -2.32. The zero-order valence-electron chi connectivity index (χ0n) is 14.0. The fourth-order valence-corrected chi connectivity index (χ4v) is 2.73. The molecule has 0 unspecified atom stereocenters. The van der Waals surface area contributed by atoms with Crippen molar-refractivity contribution in [2.45, 2.75) is 19.8 Å². The van der Waals surface area contributed by atoms with Crippen LogP contribution in [0.3, 0.4) is 0 Å². The number of furan rings is 1. The van der Waals surface area contributed by atoms with Gasteiger partial charge in [-0.05, 0) is 31.9 Å². The summed E-state index contributed by atoms with van der Waals surface area (Å²) in [6, 6.07) is 10.1. The zero-order valence-corrected chi connectivity index (χ0v) is 14.0. The standard InChI is InChI=1S/C19H19NO5/c1-13(21)14-4-6-15(7-5-14)16-8-9-17(25-16)19(23)24-12-18(22)20-10-2-3-11-20/h4-9H,2-3,10-12H2,1H3. The van der Waals surface area contributed by atoms with Crippen LogP contribution in [0.2, 0.25) is 0 Å². The molecule has 1 aliphatic heterocycles. The molecule has 2 aromatic rings. The molecule has 3 rings (SSSR count). The van der Waals surface area contributed by atoms with Gasteiger partial charge in [-0.3, -0.25) is 9.59 Å². The monoisotopic (exact) mass is 341 g/mol. The Bertz CT molecular complexity index is 784. The van der Waals surface area contributed by atoms with Crippen molar-refractivity contribution in [3.63, 3.8) is 0 Å². The smallest absolute Gasteiger partial charge is 0.374 e. The Kier molecular flexibility index (Phi) is 4.97. The molecule has 6 nitrogen and oxygen atoms in total. The first-order chi connectivity index (χ1) is 12.0. The van der Waals surface area contributed by atoms with Crippen molar-refractivity contribution in [2.75, 3.05) is 19.7 Å². The second-order valence-corrected chi connectivity index (χ2v) is 5.96. The molecule has 25 heavy (non-hydrogen) atoms. The maximum absolute atomic E-state index is 12.0. The predicted molar refractivity (Wildman–Crippen MR) is 90.2 cm³/mol. The molecule has 130 valence electrons. The fraction of sp³-hybridized carbons (Fsp3) is 0.316. The normalized spacial score (nSPS) is 13.7. The van der Waals surface area contributed by atoms with E-state index in [2.05, 4.69) is 0 Å². The number of esters is 1. The van der Waals surface area contributed by atoms with Crippen LogP contribution < -0.4 is 0 Å². The number of hydrogen-bond donors (Lipinski definition) is 0. The molecular weight excluding hydrogens is 322 g/mol. The van der Waals surface area contributed by atoms with Crippen LogP contribution in [0.1, 0.15) is 40.7 Å². The lowest BCUT2D eigenvalue weighted by Gasteiger charge is -2.14. The van der Waals surface area contributed by atoms with Crippen LogP contribution in [0.4, 0.5) is 0 Å². The van der Waals surface area contributed by atoms with Crippen molar-refractivity contribution in [3.05, 3.63) is 47.7 Å². The zero-order chi connectivity index (χ0) is 17.8. The third kappa shape index (κ3) is 3.96. The fourth-order valence-electron chi connectivity index (χ4n) is 2.73. The molecule has 0 atom stereocenters. The van der Waals surface area contributed by atoms with Crippen LogP contribution in [0.5, 0.6) is 0 Å². The number of ether oxygens (including phenoxy) is 1. The van der Waals surface area contributed by atoms with E-state index in [4.69, 9.17) is 9.15 Å². The number of nitrogens with zero attached hydrogens (tertiary/aromatic N) is 1. The molecule has 1 aromatic carbocycles. The number of rotatable bonds is 5. The molecular formula is C19H19NO5. The van der Waals surface area contributed by atoms with Gasteiger partial charge >= 0.3 is 5.97 Å². The average Bonchev–Trinajstić information content (AvgIpc) is 3.31. The van der Waals surface area contributed by atoms with E-state index in [1.165, 1.54) is 13.0 Å². The summed E-state index contributed by atoms with van der Waals surface area (Å²) in [5.74, 6) is -0.331. The molecule has 0 aliphatic carbocycles. The van der Waals surface area contributed by atoms with Crippen molar-refractivity contribution in [1.82, 2.24) is 4.90 Å². The summed E-state index contributed by atoms with van der Waals surface area (Å²) in [7, 11) is 0. The Hall–Kier alpha value is -2.89. The van der Waals surface area contributed by atoms with Gasteiger partial charge in [0.25, 0.3) is 5.91 Å². The highest BCUT2D eigenvalue weighted by Crippen LogP contribution is 2.23. The first kappa shape index (κ1) is 17.0. The summed E-state index contributed by atoms with van der Waals surface area (Å²) in [6.45, 7) is 2.66. The second kappa shape index (κ2) is 7.34. The Balaban J connectivity index is 1.61. The van der Waals surface area contributed by atoms with Crippen LogP contribution >= 0.6 is 0 Å². The van der Waals surface area contributed by atoms with Gasteiger partial charge in [-0.25, -0.2) is 4.79 Å². The molecule has 1 aliphatic rings. The van der Waals surface area contributed by atoms with Gasteiger partial charge in [0.1, 0.15) is 5.76 Å². The SMILES string of the molecule is CC(=O)c1ccc(-c2ccc(C(=O)OCC(=O)N3CCCC3)o2)cc1. The van der Waals surface area contributed by atoms with Gasteiger partial charge in [0.2, 0.25) is 5.76 Å². The lowest BCUT2D eigenvalue weighted by atomic mass is 10.1. The summed E-state index contributed by atoms with van der Waals surface area (Å²) >= 11 is 0. The van der Waals surface area contributed by atoms with Crippen molar-refractivity contribution in [3.8, 4) is 11.3 Å². The van der Waals surface area contributed by atoms with E-state index in [9.17, 15) is 14.4 Å². The highest BCUT2D eigenvalue weighted by molar-refractivity contribution is 5.94. The molecule has 0 saturated carbocycles. The Morgan fingerprint density at radius 3 is 2.36 bits per heavy atom. The number of carbonyl (C=O) groups excluding carboxylic acids is 3. The number of likely N-dealkylation sites (tertiary alicyclic amines) is 1. The van der Waals surface area contributed by atoms with Crippen molar-refractivity contribution in [2.24, 2.45) is 0 Å². The van der Waals surface area contributed by atoms with Crippen LogP contribution in [0, 0.1) is 0 Å². The van der Waals surface area contributed by atoms with Crippen LogP contribution in [-0.4, -0.2) is 42.3 Å². The summed E-state index contributed by atoms with van der Waals surface area (Å²) in [5.41, 5.74) is 1.35. The number of benzene rings is 1. The topological polar surface area (TPSA) is 76.8 Å². The third-order valence-corrected chi connectivity index (χ3v) is 4.17. The number of Topliss-reactive ketones (excluding diaryl/α,β-unsaturated/α-hetero) is 1. The van der Waals surface area contributed by atoms with Gasteiger partial charge < -0.3 is 14.1 Å². The van der Waals surface area contributed by atoms with E-state index in [1.54, 1.807) is 35.2 Å². The van der Waals surface area contributed by atoms with Crippen molar-refractivity contribution >= 4 is 17.7 Å². The van der Waals surface area contributed by atoms with Crippen LogP contribution in [0.15, 0.2) is 40.8 Å². The predicted octanol–water partition coefficient (Wildman–Crippen LogP) is 2.93. The Morgan fingerprint density at radius 2 is 1.72 bits per heavy atom. The summed E-state index contributed by atoms with van der Waals surface area (Å²) in [6.07, 6.45) is 1.98. The summed E-state index contributed by atoms with van der Waals surface area (Å²) in [4.78, 5) is 36.9. The Morgan fingerprint density at radius 1 is 1.04 bits per heavy atom. The van der Waals surface area contributed by atoms with Gasteiger partial charge in [-0.1, -0.05) is 24.3 Å². The molecule has 2 heterocycles. The molecule has 1 saturated heterocycles. The molecule has 1 amide bonds. The number of hydrogen-bond acceptors (Lipinski definition) is 5. The highest BCUT2D eigenvalue weighted by Gasteiger charge is 2.21. The largest absolute Gasteiger partial charge is 0.450 e. The number of ketones is 1.